The smallest absolute Gasteiger partial charge is 0.357 e. The fourth-order valence-corrected chi connectivity index (χ4v) is 2.44. The number of carbonyl (C=O) groups excluding carboxylic acids is 2. The summed E-state index contributed by atoms with van der Waals surface area (Å²) in [6.07, 6.45) is 0.277. The van der Waals surface area contributed by atoms with Crippen molar-refractivity contribution in [1.29, 1.82) is 0 Å². The van der Waals surface area contributed by atoms with Crippen LogP contribution in [0, 0.1) is 0 Å². The lowest BCUT2D eigenvalue weighted by Gasteiger charge is -2.28. The molecule has 1 aromatic heterocycles. The van der Waals surface area contributed by atoms with E-state index in [1.165, 1.54) is 0 Å². The van der Waals surface area contributed by atoms with Gasteiger partial charge in [0.2, 0.25) is 5.28 Å². The topological polar surface area (TPSA) is 90.4 Å². The summed E-state index contributed by atoms with van der Waals surface area (Å²) in [6.45, 7) is 7.64. The van der Waals surface area contributed by atoms with Crippen molar-refractivity contribution in [3.05, 3.63) is 22.2 Å². The normalized spacial score (nSPS) is 17.3. The van der Waals surface area contributed by atoms with E-state index >= 15 is 0 Å². The zero-order valence-electron chi connectivity index (χ0n) is 13.6. The van der Waals surface area contributed by atoms with Crippen LogP contribution in [0.5, 0.6) is 0 Å². The number of halogens is 1. The van der Waals surface area contributed by atoms with Gasteiger partial charge in [0.05, 0.1) is 12.3 Å². The molecule has 7 nitrogen and oxygen atoms in total. The minimum absolute atomic E-state index is 0.0448. The molecule has 0 saturated carbocycles. The van der Waals surface area contributed by atoms with Gasteiger partial charge < -0.3 is 9.47 Å². The third-order valence-electron chi connectivity index (χ3n) is 3.15. The summed E-state index contributed by atoms with van der Waals surface area (Å²) >= 11 is 5.89. The van der Waals surface area contributed by atoms with E-state index < -0.39 is 17.6 Å². The molecule has 0 amide bonds. The fraction of sp³-hybridized carbons (Fsp3) is 0.600. The Morgan fingerprint density at radius 1 is 1.35 bits per heavy atom. The van der Waals surface area contributed by atoms with Crippen molar-refractivity contribution >= 4 is 23.5 Å². The maximum Gasteiger partial charge on any atom is 0.357 e. The van der Waals surface area contributed by atoms with Crippen molar-refractivity contribution in [3.8, 4) is 0 Å². The van der Waals surface area contributed by atoms with Crippen LogP contribution >= 0.6 is 11.6 Å². The number of rotatable bonds is 3. The van der Waals surface area contributed by atoms with Gasteiger partial charge in [-0.05, 0) is 39.3 Å². The molecule has 0 aliphatic carbocycles. The molecule has 1 atom stereocenters. The SMILES string of the molecule is CCOC(=O)c1nc(Cl)nc2c1CNC(C(=O)OC(C)(C)C)C2. The van der Waals surface area contributed by atoms with Gasteiger partial charge >= 0.3 is 11.9 Å². The van der Waals surface area contributed by atoms with Crippen LogP contribution in [0.15, 0.2) is 0 Å². The Hall–Kier alpha value is -1.73. The molecule has 1 unspecified atom stereocenters. The zero-order chi connectivity index (χ0) is 17.2. The van der Waals surface area contributed by atoms with E-state index in [1.807, 2.05) is 0 Å². The van der Waals surface area contributed by atoms with Gasteiger partial charge in [0.25, 0.3) is 0 Å². The van der Waals surface area contributed by atoms with E-state index in [0.29, 0.717) is 11.3 Å². The van der Waals surface area contributed by atoms with Crippen LogP contribution in [-0.4, -0.2) is 40.2 Å². The molecule has 0 spiro atoms. The maximum absolute atomic E-state index is 12.2. The molecule has 1 aliphatic rings. The highest BCUT2D eigenvalue weighted by Crippen LogP contribution is 2.22. The van der Waals surface area contributed by atoms with Gasteiger partial charge in [-0.25, -0.2) is 14.8 Å². The molecule has 1 aliphatic heterocycles. The first-order valence-corrected chi connectivity index (χ1v) is 7.77. The number of carbonyl (C=O) groups is 2. The van der Waals surface area contributed by atoms with Crippen LogP contribution in [-0.2, 0) is 27.2 Å². The van der Waals surface area contributed by atoms with Crippen LogP contribution in [0.25, 0.3) is 0 Å². The minimum Gasteiger partial charge on any atom is -0.461 e. The number of esters is 2. The van der Waals surface area contributed by atoms with Gasteiger partial charge in [0, 0.05) is 18.5 Å². The molecule has 0 aromatic carbocycles. The van der Waals surface area contributed by atoms with Crippen molar-refractivity contribution in [3.63, 3.8) is 0 Å². The molecule has 1 aromatic rings. The monoisotopic (exact) mass is 341 g/mol. The minimum atomic E-state index is -0.571. The van der Waals surface area contributed by atoms with Crippen LogP contribution in [0.1, 0.15) is 49.4 Å². The largest absolute Gasteiger partial charge is 0.461 e. The third kappa shape index (κ3) is 4.39. The number of aromatic nitrogens is 2. The van der Waals surface area contributed by atoms with Crippen molar-refractivity contribution in [2.24, 2.45) is 0 Å². The van der Waals surface area contributed by atoms with E-state index in [2.05, 4.69) is 15.3 Å². The lowest BCUT2D eigenvalue weighted by molar-refractivity contribution is -0.157. The maximum atomic E-state index is 12.2. The Kier molecular flexibility index (Phi) is 5.21. The summed E-state index contributed by atoms with van der Waals surface area (Å²) < 4.78 is 10.4. The average molecular weight is 342 g/mol. The number of ether oxygens (including phenoxy) is 2. The highest BCUT2D eigenvalue weighted by atomic mass is 35.5. The molecule has 2 heterocycles. The Balaban J connectivity index is 2.24. The van der Waals surface area contributed by atoms with Gasteiger partial charge in [-0.3, -0.25) is 10.1 Å². The van der Waals surface area contributed by atoms with E-state index in [-0.39, 0.29) is 36.5 Å². The quantitative estimate of drug-likeness (QED) is 0.660. The molecule has 2 rings (SSSR count). The van der Waals surface area contributed by atoms with Crippen LogP contribution < -0.4 is 5.32 Å². The molecule has 126 valence electrons. The summed E-state index contributed by atoms with van der Waals surface area (Å²) in [5.41, 5.74) is 0.727. The van der Waals surface area contributed by atoms with Gasteiger partial charge in [-0.15, -0.1) is 0 Å². The summed E-state index contributed by atoms with van der Waals surface area (Å²) in [7, 11) is 0. The molecular weight excluding hydrogens is 322 g/mol. The first kappa shape index (κ1) is 17.6. The molecule has 0 bridgehead atoms. The second-order valence-corrected chi connectivity index (χ2v) is 6.50. The number of nitrogens with zero attached hydrogens (tertiary/aromatic N) is 2. The first-order valence-electron chi connectivity index (χ1n) is 7.40. The highest BCUT2D eigenvalue weighted by molar-refractivity contribution is 6.28. The Labute approximate surface area is 139 Å². The summed E-state index contributed by atoms with van der Waals surface area (Å²) in [6, 6.07) is -0.539. The third-order valence-corrected chi connectivity index (χ3v) is 3.32. The van der Waals surface area contributed by atoms with Crippen molar-refractivity contribution in [2.75, 3.05) is 6.61 Å². The number of hydrogen-bond acceptors (Lipinski definition) is 7. The van der Waals surface area contributed by atoms with Crippen LogP contribution in [0.3, 0.4) is 0 Å². The Morgan fingerprint density at radius 2 is 2.04 bits per heavy atom. The van der Waals surface area contributed by atoms with Crippen LogP contribution in [0.4, 0.5) is 0 Å². The van der Waals surface area contributed by atoms with E-state index in [4.69, 9.17) is 21.1 Å². The lowest BCUT2D eigenvalue weighted by Crippen LogP contribution is -2.46. The lowest BCUT2D eigenvalue weighted by atomic mass is 9.99. The fourth-order valence-electron chi connectivity index (χ4n) is 2.25. The second-order valence-electron chi connectivity index (χ2n) is 6.16. The zero-order valence-corrected chi connectivity index (χ0v) is 14.4. The van der Waals surface area contributed by atoms with Gasteiger partial charge in [0.15, 0.2) is 5.69 Å². The van der Waals surface area contributed by atoms with Gasteiger partial charge in [0.1, 0.15) is 11.6 Å². The van der Waals surface area contributed by atoms with E-state index in [1.54, 1.807) is 27.7 Å². The molecule has 0 saturated heterocycles. The molecule has 1 N–H and O–H groups in total. The van der Waals surface area contributed by atoms with Crippen molar-refractivity contribution < 1.29 is 19.1 Å². The van der Waals surface area contributed by atoms with Crippen molar-refractivity contribution in [1.82, 2.24) is 15.3 Å². The van der Waals surface area contributed by atoms with Gasteiger partial charge in [-0.2, -0.15) is 0 Å². The molecule has 0 radical (unpaired) electrons. The van der Waals surface area contributed by atoms with Gasteiger partial charge in [-0.1, -0.05) is 0 Å². The molecule has 0 fully saturated rings. The second kappa shape index (κ2) is 6.80. The van der Waals surface area contributed by atoms with Crippen LogP contribution in [0.2, 0.25) is 5.28 Å². The average Bonchev–Trinajstić information content (AvgIpc) is 2.44. The summed E-state index contributed by atoms with van der Waals surface area (Å²) in [5, 5.41) is 3.00. The molecular formula is C15H20ClN3O4. The number of hydrogen-bond donors (Lipinski definition) is 1. The summed E-state index contributed by atoms with van der Waals surface area (Å²) in [4.78, 5) is 32.3. The molecule has 8 heteroatoms. The predicted molar refractivity (Wildman–Crippen MR) is 83.2 cm³/mol. The van der Waals surface area contributed by atoms with Crippen molar-refractivity contribution in [2.45, 2.75) is 52.3 Å². The van der Waals surface area contributed by atoms with E-state index in [0.717, 1.165) is 0 Å². The standard InChI is InChI=1S/C15H20ClN3O4/c1-5-22-13(21)11-8-7-17-10(12(20)23-15(2,3)4)6-9(8)18-14(16)19-11/h10,17H,5-7H2,1-4H3. The first-order chi connectivity index (χ1) is 10.7. The summed E-state index contributed by atoms with van der Waals surface area (Å²) in [5.74, 6) is -0.916. The molecule has 23 heavy (non-hydrogen) atoms. The number of fused-ring (bicyclic) bond motifs is 1. The highest BCUT2D eigenvalue weighted by Gasteiger charge is 2.32. The Morgan fingerprint density at radius 3 is 2.65 bits per heavy atom. The number of nitrogens with one attached hydrogen (secondary N) is 1. The Bertz CT molecular complexity index is 628. The predicted octanol–water partition coefficient (Wildman–Crippen LogP) is 1.66. The van der Waals surface area contributed by atoms with E-state index in [9.17, 15) is 9.59 Å².